The lowest BCUT2D eigenvalue weighted by molar-refractivity contribution is 0.306. The van der Waals surface area contributed by atoms with Gasteiger partial charge in [0.2, 0.25) is 0 Å². The van der Waals surface area contributed by atoms with E-state index in [4.69, 9.17) is 10.5 Å². The molecule has 124 valence electrons. The summed E-state index contributed by atoms with van der Waals surface area (Å²) >= 11 is 0. The zero-order valence-electron chi connectivity index (χ0n) is 14.6. The Labute approximate surface area is 140 Å². The number of benzene rings is 2. The van der Waals surface area contributed by atoms with E-state index in [1.54, 1.807) is 0 Å². The Hall–Kier alpha value is -1.80. The monoisotopic (exact) mass is 311 g/mol. The normalized spacial score (nSPS) is 13.6. The highest BCUT2D eigenvalue weighted by Gasteiger charge is 2.11. The van der Waals surface area contributed by atoms with Crippen molar-refractivity contribution in [3.05, 3.63) is 65.2 Å². The van der Waals surface area contributed by atoms with Crippen molar-refractivity contribution < 1.29 is 4.74 Å². The topological polar surface area (TPSA) is 35.2 Å². The highest BCUT2D eigenvalue weighted by atomic mass is 16.5. The van der Waals surface area contributed by atoms with Crippen molar-refractivity contribution in [3.8, 4) is 5.75 Å². The molecule has 0 fully saturated rings. The zero-order valence-corrected chi connectivity index (χ0v) is 14.6. The van der Waals surface area contributed by atoms with Gasteiger partial charge in [-0.15, -0.1) is 0 Å². The van der Waals surface area contributed by atoms with Crippen LogP contribution in [0.1, 0.15) is 55.7 Å². The maximum Gasteiger partial charge on any atom is 0.120 e. The van der Waals surface area contributed by atoms with Crippen molar-refractivity contribution in [2.45, 2.75) is 58.6 Å². The molecule has 2 heteroatoms. The van der Waals surface area contributed by atoms with Gasteiger partial charge in [-0.2, -0.15) is 0 Å². The van der Waals surface area contributed by atoms with Crippen LogP contribution in [0, 0.1) is 6.92 Å². The summed E-state index contributed by atoms with van der Waals surface area (Å²) in [6, 6.07) is 17.0. The smallest absolute Gasteiger partial charge is 0.120 e. The second-order valence-corrected chi connectivity index (χ2v) is 6.44. The first-order chi connectivity index (χ1) is 11.1. The lowest BCUT2D eigenvalue weighted by Gasteiger charge is -2.18. The number of ether oxygens (including phenoxy) is 1. The molecule has 2 rings (SSSR count). The third kappa shape index (κ3) is 5.40. The third-order valence-electron chi connectivity index (χ3n) is 4.52. The lowest BCUT2D eigenvalue weighted by Crippen LogP contribution is -2.19. The van der Waals surface area contributed by atoms with Gasteiger partial charge in [0.1, 0.15) is 12.4 Å². The molecule has 0 spiro atoms. The Balaban J connectivity index is 1.94. The number of hydrogen-bond acceptors (Lipinski definition) is 2. The van der Waals surface area contributed by atoms with Crippen molar-refractivity contribution in [2.75, 3.05) is 0 Å². The molecule has 2 atom stereocenters. The summed E-state index contributed by atoms with van der Waals surface area (Å²) in [5, 5.41) is 0. The molecule has 0 bridgehead atoms. The van der Waals surface area contributed by atoms with Gasteiger partial charge in [-0.1, -0.05) is 50.2 Å². The highest BCUT2D eigenvalue weighted by Crippen LogP contribution is 2.28. The van der Waals surface area contributed by atoms with Crippen molar-refractivity contribution in [3.63, 3.8) is 0 Å². The molecule has 2 aromatic carbocycles. The van der Waals surface area contributed by atoms with Crippen LogP contribution < -0.4 is 10.5 Å². The first-order valence-corrected chi connectivity index (χ1v) is 8.63. The van der Waals surface area contributed by atoms with Crippen molar-refractivity contribution in [1.82, 2.24) is 0 Å². The highest BCUT2D eigenvalue weighted by molar-refractivity contribution is 5.36. The summed E-state index contributed by atoms with van der Waals surface area (Å²) in [6.45, 7) is 7.22. The molecule has 0 aliphatic carbocycles. The summed E-state index contributed by atoms with van der Waals surface area (Å²) in [5.41, 5.74) is 9.93. The average molecular weight is 311 g/mol. The van der Waals surface area contributed by atoms with E-state index in [1.165, 1.54) is 16.7 Å². The standard InChI is InChI=1S/C21H29NO/c1-4-19(22)11-10-16(2)21-13-12-20(14-17(21)3)23-15-18-8-6-5-7-9-18/h5-9,12-14,16,19H,4,10-11,15,22H2,1-3H3. The SMILES string of the molecule is CCC(N)CCC(C)c1ccc(OCc2ccccc2)cc1C. The second kappa shape index (κ2) is 8.73. The van der Waals surface area contributed by atoms with E-state index < -0.39 is 0 Å². The number of rotatable bonds is 8. The minimum atomic E-state index is 0.325. The molecule has 0 saturated heterocycles. The van der Waals surface area contributed by atoms with Crippen molar-refractivity contribution in [1.29, 1.82) is 0 Å². The largest absolute Gasteiger partial charge is 0.489 e. The van der Waals surface area contributed by atoms with Gasteiger partial charge in [-0.05, 0) is 60.9 Å². The van der Waals surface area contributed by atoms with E-state index in [2.05, 4.69) is 51.1 Å². The van der Waals surface area contributed by atoms with Gasteiger partial charge in [0, 0.05) is 6.04 Å². The van der Waals surface area contributed by atoms with E-state index in [1.807, 2.05) is 18.2 Å². The first kappa shape index (κ1) is 17.6. The van der Waals surface area contributed by atoms with E-state index in [0.717, 1.165) is 25.0 Å². The maximum atomic E-state index is 6.04. The molecule has 23 heavy (non-hydrogen) atoms. The third-order valence-corrected chi connectivity index (χ3v) is 4.52. The van der Waals surface area contributed by atoms with Gasteiger partial charge in [-0.3, -0.25) is 0 Å². The van der Waals surface area contributed by atoms with Gasteiger partial charge >= 0.3 is 0 Å². The Bertz CT molecular complexity index is 594. The number of nitrogens with two attached hydrogens (primary N) is 1. The van der Waals surface area contributed by atoms with Gasteiger partial charge in [0.05, 0.1) is 0 Å². The Morgan fingerprint density at radius 1 is 1.04 bits per heavy atom. The minimum absolute atomic E-state index is 0.325. The second-order valence-electron chi connectivity index (χ2n) is 6.44. The number of hydrogen-bond donors (Lipinski definition) is 1. The molecule has 0 radical (unpaired) electrons. The van der Waals surface area contributed by atoms with Gasteiger partial charge < -0.3 is 10.5 Å². The lowest BCUT2D eigenvalue weighted by atomic mass is 9.91. The van der Waals surface area contributed by atoms with E-state index >= 15 is 0 Å². The van der Waals surface area contributed by atoms with Gasteiger partial charge in [-0.25, -0.2) is 0 Å². The van der Waals surface area contributed by atoms with Gasteiger partial charge in [0.25, 0.3) is 0 Å². The zero-order chi connectivity index (χ0) is 16.7. The summed E-state index contributed by atoms with van der Waals surface area (Å²) in [6.07, 6.45) is 3.28. The summed E-state index contributed by atoms with van der Waals surface area (Å²) in [7, 11) is 0. The molecule has 0 heterocycles. The summed E-state index contributed by atoms with van der Waals surface area (Å²) in [5.74, 6) is 1.48. The Morgan fingerprint density at radius 3 is 2.43 bits per heavy atom. The van der Waals surface area contributed by atoms with Crippen LogP contribution in [0.3, 0.4) is 0 Å². The van der Waals surface area contributed by atoms with E-state index in [0.29, 0.717) is 18.6 Å². The molecule has 2 unspecified atom stereocenters. The van der Waals surface area contributed by atoms with Crippen LogP contribution in [0.5, 0.6) is 5.75 Å². The van der Waals surface area contributed by atoms with Crippen LogP contribution in [0.2, 0.25) is 0 Å². The fourth-order valence-electron chi connectivity index (χ4n) is 2.86. The molecule has 0 aliphatic heterocycles. The van der Waals surface area contributed by atoms with Gasteiger partial charge in [0.15, 0.2) is 0 Å². The molecule has 0 saturated carbocycles. The maximum absolute atomic E-state index is 6.04. The predicted molar refractivity (Wildman–Crippen MR) is 97.9 cm³/mol. The van der Waals surface area contributed by atoms with Crippen LogP contribution in [0.4, 0.5) is 0 Å². The molecule has 0 aliphatic rings. The van der Waals surface area contributed by atoms with Crippen LogP contribution in [-0.2, 0) is 6.61 Å². The fourth-order valence-corrected chi connectivity index (χ4v) is 2.86. The molecular weight excluding hydrogens is 282 g/mol. The van der Waals surface area contributed by atoms with Crippen LogP contribution in [-0.4, -0.2) is 6.04 Å². The van der Waals surface area contributed by atoms with Crippen LogP contribution >= 0.6 is 0 Å². The molecule has 0 amide bonds. The van der Waals surface area contributed by atoms with Crippen LogP contribution in [0.15, 0.2) is 48.5 Å². The molecule has 2 aromatic rings. The summed E-state index contributed by atoms with van der Waals surface area (Å²) in [4.78, 5) is 0. The predicted octanol–water partition coefficient (Wildman–Crippen LogP) is 5.20. The average Bonchev–Trinajstić information content (AvgIpc) is 2.58. The molecular formula is C21H29NO. The quantitative estimate of drug-likeness (QED) is 0.727. The Morgan fingerprint density at radius 2 is 1.78 bits per heavy atom. The molecule has 0 aromatic heterocycles. The fraction of sp³-hybridized carbons (Fsp3) is 0.429. The first-order valence-electron chi connectivity index (χ1n) is 8.63. The minimum Gasteiger partial charge on any atom is -0.489 e. The number of aryl methyl sites for hydroxylation is 1. The van der Waals surface area contributed by atoms with Crippen molar-refractivity contribution in [2.24, 2.45) is 5.73 Å². The molecule has 2 N–H and O–H groups in total. The summed E-state index contributed by atoms with van der Waals surface area (Å²) < 4.78 is 5.90. The Kier molecular flexibility index (Phi) is 6.66. The van der Waals surface area contributed by atoms with Crippen molar-refractivity contribution >= 4 is 0 Å². The van der Waals surface area contributed by atoms with Crippen LogP contribution in [0.25, 0.3) is 0 Å². The van der Waals surface area contributed by atoms with E-state index in [9.17, 15) is 0 Å². The molecule has 2 nitrogen and oxygen atoms in total. The van der Waals surface area contributed by atoms with E-state index in [-0.39, 0.29) is 0 Å².